The number of nitrogens with one attached hydrogen (secondary N) is 1. The smallest absolute Gasteiger partial charge is 0.255 e. The molecule has 0 saturated heterocycles. The van der Waals surface area contributed by atoms with Gasteiger partial charge < -0.3 is 4.98 Å². The Bertz CT molecular complexity index is 361. The molecule has 2 heteroatoms. The molecule has 0 aliphatic heterocycles. The van der Waals surface area contributed by atoms with Gasteiger partial charge in [0.15, 0.2) is 0 Å². The molecule has 1 heterocycles. The van der Waals surface area contributed by atoms with E-state index in [4.69, 9.17) is 0 Å². The molecule has 0 bridgehead atoms. The van der Waals surface area contributed by atoms with Gasteiger partial charge in [-0.25, -0.2) is 0 Å². The minimum atomic E-state index is -0.0967. The van der Waals surface area contributed by atoms with Crippen molar-refractivity contribution in [1.29, 1.82) is 0 Å². The van der Waals surface area contributed by atoms with Crippen LogP contribution in [0.3, 0.4) is 0 Å². The Morgan fingerprint density at radius 3 is 2.57 bits per heavy atom. The summed E-state index contributed by atoms with van der Waals surface area (Å²) >= 11 is 0. The third-order valence-electron chi connectivity index (χ3n) is 1.58. The van der Waals surface area contributed by atoms with Gasteiger partial charge in [-0.1, -0.05) is 38.7 Å². The Morgan fingerprint density at radius 2 is 2.07 bits per heavy atom. The van der Waals surface area contributed by atoms with Crippen LogP contribution in [0.5, 0.6) is 0 Å². The molecule has 1 aromatic heterocycles. The van der Waals surface area contributed by atoms with Crippen LogP contribution in [0, 0.1) is 0 Å². The summed E-state index contributed by atoms with van der Waals surface area (Å²) in [4.78, 5) is 13.8. The van der Waals surface area contributed by atoms with Crippen LogP contribution >= 0.6 is 0 Å². The molecule has 0 fully saturated rings. The third-order valence-corrected chi connectivity index (χ3v) is 1.58. The summed E-state index contributed by atoms with van der Waals surface area (Å²) in [5.74, 6) is 0. The van der Waals surface area contributed by atoms with Crippen LogP contribution in [-0.4, -0.2) is 4.98 Å². The Hall–Kier alpha value is -1.57. The molecule has 0 amide bonds. The van der Waals surface area contributed by atoms with Crippen molar-refractivity contribution in [3.63, 3.8) is 0 Å². The predicted molar refractivity (Wildman–Crippen MR) is 63.2 cm³/mol. The van der Waals surface area contributed by atoms with Crippen molar-refractivity contribution in [1.82, 2.24) is 4.98 Å². The van der Waals surface area contributed by atoms with Crippen molar-refractivity contribution in [3.05, 3.63) is 46.4 Å². The number of hydrogen-bond donors (Lipinski definition) is 1. The van der Waals surface area contributed by atoms with E-state index in [0.29, 0.717) is 5.56 Å². The fourth-order valence-electron chi connectivity index (χ4n) is 1.04. The van der Waals surface area contributed by atoms with E-state index >= 15 is 0 Å². The second kappa shape index (κ2) is 6.89. The first kappa shape index (κ1) is 12.4. The highest BCUT2D eigenvalue weighted by molar-refractivity contribution is 5.62. The molecule has 0 atom stereocenters. The van der Waals surface area contributed by atoms with Gasteiger partial charge in [0.25, 0.3) is 5.56 Å². The van der Waals surface area contributed by atoms with Gasteiger partial charge in [-0.05, 0) is 18.6 Å². The highest BCUT2D eigenvalue weighted by atomic mass is 16.1. The topological polar surface area (TPSA) is 32.9 Å². The maximum absolute atomic E-state index is 11.2. The van der Waals surface area contributed by atoms with E-state index in [1.807, 2.05) is 39.0 Å². The van der Waals surface area contributed by atoms with Crippen molar-refractivity contribution in [2.24, 2.45) is 0 Å². The molecule has 1 rings (SSSR count). The number of H-pyrrole nitrogens is 1. The molecule has 14 heavy (non-hydrogen) atoms. The SMILES string of the molecule is C=Cc1c(/C=C\C)cc[nH]c1=O.CC. The van der Waals surface area contributed by atoms with Crippen molar-refractivity contribution in [2.45, 2.75) is 20.8 Å². The molecule has 1 aromatic rings. The van der Waals surface area contributed by atoms with Crippen molar-refractivity contribution in [3.8, 4) is 0 Å². The molecule has 0 spiro atoms. The van der Waals surface area contributed by atoms with E-state index < -0.39 is 0 Å². The number of rotatable bonds is 2. The Kier molecular flexibility index (Phi) is 6.12. The molecule has 0 aromatic carbocycles. The molecular weight excluding hydrogens is 174 g/mol. The largest absolute Gasteiger partial charge is 0.329 e. The lowest BCUT2D eigenvalue weighted by molar-refractivity contribution is 1.22. The maximum atomic E-state index is 11.2. The number of allylic oxidation sites excluding steroid dienone is 1. The van der Waals surface area contributed by atoms with Crippen molar-refractivity contribution < 1.29 is 0 Å². The zero-order valence-electron chi connectivity index (χ0n) is 9.00. The summed E-state index contributed by atoms with van der Waals surface area (Å²) < 4.78 is 0. The number of aromatic amines is 1. The number of hydrogen-bond acceptors (Lipinski definition) is 1. The van der Waals surface area contributed by atoms with Crippen molar-refractivity contribution >= 4 is 12.2 Å². The summed E-state index contributed by atoms with van der Waals surface area (Å²) in [6.07, 6.45) is 6.97. The monoisotopic (exact) mass is 191 g/mol. The van der Waals surface area contributed by atoms with E-state index in [2.05, 4.69) is 11.6 Å². The van der Waals surface area contributed by atoms with Crippen molar-refractivity contribution in [2.75, 3.05) is 0 Å². The van der Waals surface area contributed by atoms with E-state index in [1.165, 1.54) is 0 Å². The first-order chi connectivity index (χ1) is 6.79. The molecule has 0 saturated carbocycles. The van der Waals surface area contributed by atoms with E-state index in [1.54, 1.807) is 12.3 Å². The molecular formula is C12H17NO. The molecule has 76 valence electrons. The lowest BCUT2D eigenvalue weighted by Gasteiger charge is -1.96. The Balaban J connectivity index is 0.000000791. The van der Waals surface area contributed by atoms with Gasteiger partial charge >= 0.3 is 0 Å². The quantitative estimate of drug-likeness (QED) is 0.765. The number of aromatic nitrogens is 1. The molecule has 0 aliphatic rings. The van der Waals surface area contributed by atoms with Gasteiger partial charge in [0.1, 0.15) is 0 Å². The summed E-state index contributed by atoms with van der Waals surface area (Å²) in [5, 5.41) is 0. The Labute approximate surface area is 85.0 Å². The van der Waals surface area contributed by atoms with Crippen LogP contribution in [0.4, 0.5) is 0 Å². The van der Waals surface area contributed by atoms with Crippen LogP contribution in [-0.2, 0) is 0 Å². The summed E-state index contributed by atoms with van der Waals surface area (Å²) in [6, 6.07) is 1.85. The van der Waals surface area contributed by atoms with Gasteiger partial charge in [-0.15, -0.1) is 0 Å². The molecule has 0 aliphatic carbocycles. The third kappa shape index (κ3) is 3.05. The standard InChI is InChI=1S/C10H11NO.C2H6/c1-3-5-8-6-7-11-10(12)9(8)4-2;1-2/h3-7H,2H2,1H3,(H,11,12);1-2H3/b5-3-;. The molecule has 1 N–H and O–H groups in total. The van der Waals surface area contributed by atoms with Gasteiger partial charge in [0.05, 0.1) is 0 Å². The molecule has 0 radical (unpaired) electrons. The predicted octanol–water partition coefficient (Wildman–Crippen LogP) is 3.08. The minimum Gasteiger partial charge on any atom is -0.329 e. The van der Waals surface area contributed by atoms with E-state index in [9.17, 15) is 4.79 Å². The van der Waals surface area contributed by atoms with Crippen LogP contribution in [0.2, 0.25) is 0 Å². The minimum absolute atomic E-state index is 0.0967. The van der Waals surface area contributed by atoms with Gasteiger partial charge in [0, 0.05) is 11.8 Å². The van der Waals surface area contributed by atoms with Crippen LogP contribution in [0.25, 0.3) is 12.2 Å². The highest BCUT2D eigenvalue weighted by Crippen LogP contribution is 2.05. The fraction of sp³-hybridized carbons (Fsp3) is 0.250. The van der Waals surface area contributed by atoms with E-state index in [0.717, 1.165) is 5.56 Å². The summed E-state index contributed by atoms with van der Waals surface area (Å²) in [7, 11) is 0. The molecule has 2 nitrogen and oxygen atoms in total. The summed E-state index contributed by atoms with van der Waals surface area (Å²) in [6.45, 7) is 9.49. The lowest BCUT2D eigenvalue weighted by Crippen LogP contribution is -2.09. The van der Waals surface area contributed by atoms with Crippen LogP contribution in [0.15, 0.2) is 29.7 Å². The second-order valence-electron chi connectivity index (χ2n) is 2.38. The van der Waals surface area contributed by atoms with Crippen LogP contribution < -0.4 is 5.56 Å². The first-order valence-electron chi connectivity index (χ1n) is 4.76. The zero-order chi connectivity index (χ0) is 11.0. The van der Waals surface area contributed by atoms with Gasteiger partial charge in [-0.3, -0.25) is 4.79 Å². The normalized spacial score (nSPS) is 9.36. The first-order valence-corrected chi connectivity index (χ1v) is 4.76. The molecule has 0 unspecified atom stereocenters. The van der Waals surface area contributed by atoms with Gasteiger partial charge in [0.2, 0.25) is 0 Å². The van der Waals surface area contributed by atoms with E-state index in [-0.39, 0.29) is 5.56 Å². The average Bonchev–Trinajstić information content (AvgIpc) is 2.22. The summed E-state index contributed by atoms with van der Waals surface area (Å²) in [5.41, 5.74) is 1.42. The Morgan fingerprint density at radius 1 is 1.43 bits per heavy atom. The highest BCUT2D eigenvalue weighted by Gasteiger charge is 1.97. The fourth-order valence-corrected chi connectivity index (χ4v) is 1.04. The number of pyridine rings is 1. The average molecular weight is 191 g/mol. The lowest BCUT2D eigenvalue weighted by atomic mass is 10.1. The van der Waals surface area contributed by atoms with Crippen LogP contribution in [0.1, 0.15) is 31.9 Å². The van der Waals surface area contributed by atoms with Gasteiger partial charge in [-0.2, -0.15) is 0 Å². The second-order valence-corrected chi connectivity index (χ2v) is 2.38. The maximum Gasteiger partial charge on any atom is 0.255 e. The zero-order valence-corrected chi connectivity index (χ0v) is 9.00.